The molecule has 1 aromatic heterocycles. The number of aliphatic hydroxyl groups is 1. The second kappa shape index (κ2) is 7.17. The van der Waals surface area contributed by atoms with Crippen LogP contribution in [0.1, 0.15) is 45.2 Å². The van der Waals surface area contributed by atoms with Gasteiger partial charge in [0.05, 0.1) is 18.3 Å². The first kappa shape index (κ1) is 20.1. The Kier molecular flexibility index (Phi) is 5.75. The van der Waals surface area contributed by atoms with Crippen LogP contribution in [0.4, 0.5) is 0 Å². The van der Waals surface area contributed by atoms with Crippen molar-refractivity contribution in [3.05, 3.63) is 32.6 Å². The summed E-state index contributed by atoms with van der Waals surface area (Å²) in [5, 5.41) is 10.2. The van der Waals surface area contributed by atoms with Gasteiger partial charge in [0, 0.05) is 23.7 Å². The summed E-state index contributed by atoms with van der Waals surface area (Å²) in [6.45, 7) is 6.31. The molecule has 0 bridgehead atoms. The fourth-order valence-electron chi connectivity index (χ4n) is 2.90. The molecule has 0 radical (unpaired) electrons. The number of phosphoric ester groups is 1. The number of nitrogens with zero attached hydrogens (tertiary/aromatic N) is 1. The minimum absolute atomic E-state index is 0.168. The number of rotatable bonds is 5. The molecule has 4 atom stereocenters. The third-order valence-electron chi connectivity index (χ3n) is 4.01. The molecule has 1 aliphatic carbocycles. The number of aromatic nitrogens is 2. The van der Waals surface area contributed by atoms with Gasteiger partial charge in [0.2, 0.25) is 0 Å². The summed E-state index contributed by atoms with van der Waals surface area (Å²) in [7, 11) is -4.24. The number of H-pyrrole nitrogens is 1. The number of hydrogen-bond donors (Lipinski definition) is 3. The smallest absolute Gasteiger partial charge is 0.393 e. The summed E-state index contributed by atoms with van der Waals surface area (Å²) in [6, 6.07) is -0.326. The number of aliphatic hydroxyl groups excluding tert-OH is 1. The van der Waals surface area contributed by atoms with Crippen molar-refractivity contribution in [3.8, 4) is 0 Å². The Hall–Kier alpha value is -1.25. The highest BCUT2D eigenvalue weighted by Gasteiger charge is 2.37. The average molecular weight is 376 g/mol. The molecule has 25 heavy (non-hydrogen) atoms. The number of aryl methyl sites for hydroxylation is 1. The summed E-state index contributed by atoms with van der Waals surface area (Å²) in [6.07, 6.45) is 1.33. The van der Waals surface area contributed by atoms with Gasteiger partial charge in [-0.25, -0.2) is 9.36 Å². The van der Waals surface area contributed by atoms with E-state index < -0.39 is 36.7 Å². The Morgan fingerprint density at radius 2 is 2.00 bits per heavy atom. The second-order valence-corrected chi connectivity index (χ2v) is 8.78. The van der Waals surface area contributed by atoms with Crippen molar-refractivity contribution in [1.29, 1.82) is 0 Å². The van der Waals surface area contributed by atoms with Gasteiger partial charge >= 0.3 is 13.5 Å². The van der Waals surface area contributed by atoms with Crippen molar-refractivity contribution >= 4 is 7.82 Å². The number of nitrogens with one attached hydrogen (secondary N) is 1. The number of phosphoric acid groups is 1. The van der Waals surface area contributed by atoms with Gasteiger partial charge in [-0.3, -0.25) is 23.4 Å². The van der Waals surface area contributed by atoms with E-state index in [1.54, 1.807) is 27.7 Å². The monoisotopic (exact) mass is 376 g/mol. The Morgan fingerprint density at radius 1 is 1.36 bits per heavy atom. The van der Waals surface area contributed by atoms with Crippen molar-refractivity contribution in [2.45, 2.75) is 58.3 Å². The molecule has 3 N–H and O–H groups in total. The zero-order chi connectivity index (χ0) is 19.0. The van der Waals surface area contributed by atoms with Crippen LogP contribution in [-0.4, -0.2) is 37.9 Å². The molecule has 142 valence electrons. The molecule has 0 spiro atoms. The van der Waals surface area contributed by atoms with E-state index in [2.05, 4.69) is 4.98 Å². The maximum Gasteiger partial charge on any atom is 0.472 e. The largest absolute Gasteiger partial charge is 0.472 e. The number of aromatic amines is 1. The Morgan fingerprint density at radius 3 is 2.60 bits per heavy atom. The van der Waals surface area contributed by atoms with Crippen LogP contribution >= 0.6 is 7.82 Å². The summed E-state index contributed by atoms with van der Waals surface area (Å²) in [5.74, 6) is -0.423. The molecule has 0 aliphatic heterocycles. The summed E-state index contributed by atoms with van der Waals surface area (Å²) in [4.78, 5) is 35.4. The van der Waals surface area contributed by atoms with E-state index in [9.17, 15) is 24.2 Å². The van der Waals surface area contributed by atoms with Crippen LogP contribution in [0, 0.1) is 12.8 Å². The zero-order valence-electron chi connectivity index (χ0n) is 14.8. The highest BCUT2D eigenvalue weighted by Crippen LogP contribution is 2.48. The van der Waals surface area contributed by atoms with Gasteiger partial charge in [-0.2, -0.15) is 0 Å². The van der Waals surface area contributed by atoms with Gasteiger partial charge < -0.3 is 10.00 Å². The topological polar surface area (TPSA) is 131 Å². The first-order valence-electron chi connectivity index (χ1n) is 8.06. The van der Waals surface area contributed by atoms with Crippen LogP contribution in [0.5, 0.6) is 0 Å². The molecule has 4 unspecified atom stereocenters. The third kappa shape index (κ3) is 5.36. The molecule has 1 fully saturated rings. The van der Waals surface area contributed by atoms with Crippen LogP contribution in [0.2, 0.25) is 0 Å². The number of hydrogen-bond acceptors (Lipinski definition) is 6. The van der Waals surface area contributed by atoms with Crippen molar-refractivity contribution in [1.82, 2.24) is 9.55 Å². The molecule has 1 saturated carbocycles. The van der Waals surface area contributed by atoms with Gasteiger partial charge in [-0.15, -0.1) is 0 Å². The normalized spacial score (nSPS) is 26.6. The van der Waals surface area contributed by atoms with E-state index >= 15 is 0 Å². The van der Waals surface area contributed by atoms with Gasteiger partial charge in [0.1, 0.15) is 0 Å². The second-order valence-electron chi connectivity index (χ2n) is 7.40. The van der Waals surface area contributed by atoms with E-state index in [0.717, 1.165) is 0 Å². The molecular weight excluding hydrogens is 351 g/mol. The molecule has 10 heteroatoms. The first-order valence-corrected chi connectivity index (χ1v) is 9.56. The SMILES string of the molecule is Cc1cn(C2CC(O)C(COP(=O)(O)OC(C)(C)C)C2)c(=O)[nH]c1=O. The maximum absolute atomic E-state index is 12.0. The molecule has 1 aliphatic rings. The maximum atomic E-state index is 12.0. The fourth-order valence-corrected chi connectivity index (χ4v) is 4.02. The van der Waals surface area contributed by atoms with Gasteiger partial charge in [0.15, 0.2) is 0 Å². The summed E-state index contributed by atoms with van der Waals surface area (Å²) in [5.41, 5.74) is -1.44. The quantitative estimate of drug-likeness (QED) is 0.656. The zero-order valence-corrected chi connectivity index (χ0v) is 15.7. The minimum Gasteiger partial charge on any atom is -0.393 e. The lowest BCUT2D eigenvalue weighted by molar-refractivity contribution is 0.0398. The van der Waals surface area contributed by atoms with Crippen LogP contribution in [0.15, 0.2) is 15.8 Å². The third-order valence-corrected chi connectivity index (χ3v) is 5.27. The van der Waals surface area contributed by atoms with Gasteiger partial charge in [-0.05, 0) is 40.5 Å². The van der Waals surface area contributed by atoms with Crippen LogP contribution in [0.3, 0.4) is 0 Å². The average Bonchev–Trinajstić information content (AvgIpc) is 2.79. The van der Waals surface area contributed by atoms with Crippen molar-refractivity contribution in [2.75, 3.05) is 6.61 Å². The summed E-state index contributed by atoms with van der Waals surface area (Å²) >= 11 is 0. The predicted octanol–water partition coefficient (Wildman–Crippen LogP) is 1.09. The van der Waals surface area contributed by atoms with Crippen molar-refractivity contribution in [2.24, 2.45) is 5.92 Å². The molecule has 2 rings (SSSR count). The Bertz CT molecular complexity index is 779. The molecule has 0 amide bonds. The minimum atomic E-state index is -4.24. The first-order chi connectivity index (χ1) is 11.4. The summed E-state index contributed by atoms with van der Waals surface area (Å²) < 4.78 is 23.3. The Balaban J connectivity index is 2.05. The molecule has 0 aromatic carbocycles. The highest BCUT2D eigenvalue weighted by molar-refractivity contribution is 7.47. The lowest BCUT2D eigenvalue weighted by atomic mass is 10.1. The fraction of sp³-hybridized carbons (Fsp3) is 0.733. The van der Waals surface area contributed by atoms with E-state index in [4.69, 9.17) is 9.05 Å². The van der Waals surface area contributed by atoms with Crippen molar-refractivity contribution in [3.63, 3.8) is 0 Å². The molecule has 1 aromatic rings. The van der Waals surface area contributed by atoms with Crippen LogP contribution < -0.4 is 11.2 Å². The van der Waals surface area contributed by atoms with Gasteiger partial charge in [-0.1, -0.05) is 0 Å². The van der Waals surface area contributed by atoms with E-state index in [0.29, 0.717) is 12.0 Å². The lowest BCUT2D eigenvalue weighted by Gasteiger charge is -2.24. The Labute approximate surface area is 145 Å². The van der Waals surface area contributed by atoms with E-state index in [1.807, 2.05) is 0 Å². The molecule has 0 saturated heterocycles. The molecule has 1 heterocycles. The van der Waals surface area contributed by atoms with Gasteiger partial charge in [0.25, 0.3) is 5.56 Å². The van der Waals surface area contributed by atoms with E-state index in [-0.39, 0.29) is 19.1 Å². The highest BCUT2D eigenvalue weighted by atomic mass is 31.2. The standard InChI is InChI=1S/C15H25N2O7P/c1-9-7-17(14(20)16-13(9)19)11-5-10(12(18)6-11)8-23-25(21,22)24-15(2,3)4/h7,10-12,18H,5-6,8H2,1-4H3,(H,21,22)(H,16,19,20). The predicted molar refractivity (Wildman–Crippen MR) is 90.4 cm³/mol. The van der Waals surface area contributed by atoms with Crippen molar-refractivity contribution < 1.29 is 23.6 Å². The van der Waals surface area contributed by atoms with Crippen LogP contribution in [-0.2, 0) is 13.6 Å². The molecule has 9 nitrogen and oxygen atoms in total. The molecular formula is C15H25N2O7P. The lowest BCUT2D eigenvalue weighted by Crippen LogP contribution is -2.32. The van der Waals surface area contributed by atoms with Crippen LogP contribution in [0.25, 0.3) is 0 Å². The van der Waals surface area contributed by atoms with E-state index in [1.165, 1.54) is 10.8 Å².